The molecule has 0 bridgehead atoms. The van der Waals surface area contributed by atoms with E-state index >= 15 is 0 Å². The number of amides is 1. The fourth-order valence-corrected chi connectivity index (χ4v) is 4.80. The smallest absolute Gasteiger partial charge is 0.267 e. The third-order valence-electron chi connectivity index (χ3n) is 5.29. The Labute approximate surface area is 181 Å². The Bertz CT molecular complexity index is 768. The minimum absolute atomic E-state index is 0.0562. The Kier molecular flexibility index (Phi) is 8.06. The van der Waals surface area contributed by atoms with Gasteiger partial charge in [0, 0.05) is 50.5 Å². The molecule has 2 aliphatic heterocycles. The summed E-state index contributed by atoms with van der Waals surface area (Å²) in [5, 5.41) is 0. The second-order valence-electron chi connectivity index (χ2n) is 7.31. The van der Waals surface area contributed by atoms with E-state index in [0.29, 0.717) is 27.9 Å². The summed E-state index contributed by atoms with van der Waals surface area (Å²) < 4.78 is 20.2. The van der Waals surface area contributed by atoms with E-state index in [-0.39, 0.29) is 17.8 Å². The van der Waals surface area contributed by atoms with Crippen LogP contribution in [0.1, 0.15) is 25.8 Å². The van der Waals surface area contributed by atoms with Gasteiger partial charge in [0.25, 0.3) is 5.91 Å². The van der Waals surface area contributed by atoms with E-state index in [1.807, 2.05) is 31.0 Å². The molecule has 1 aromatic carbocycles. The molecule has 8 heteroatoms. The molecule has 0 N–H and O–H groups in total. The molecule has 0 radical (unpaired) electrons. The maximum atomic E-state index is 14.2. The Hall–Kier alpha value is -1.48. The summed E-state index contributed by atoms with van der Waals surface area (Å²) in [6, 6.07) is 6.85. The van der Waals surface area contributed by atoms with Crippen molar-refractivity contribution in [3.63, 3.8) is 0 Å². The second-order valence-corrected chi connectivity index (χ2v) is 8.99. The molecule has 0 aromatic heterocycles. The standard InChI is InChI=1S/C21H28FN3O2S2/c1-3-16(2)25-20(26)19(29-21(25)28)15-24(9-8-23-10-12-27-13-11-23)14-17-6-4-5-7-18(17)22/h4-7,15-16H,3,8-14H2,1-2H3. The first-order chi connectivity index (χ1) is 14.0. The van der Waals surface area contributed by atoms with Crippen LogP contribution in [-0.2, 0) is 16.1 Å². The molecule has 1 aromatic rings. The zero-order valence-corrected chi connectivity index (χ0v) is 18.6. The van der Waals surface area contributed by atoms with Crippen molar-refractivity contribution in [2.24, 2.45) is 0 Å². The number of ether oxygens (including phenoxy) is 1. The van der Waals surface area contributed by atoms with E-state index in [2.05, 4.69) is 4.90 Å². The van der Waals surface area contributed by atoms with Gasteiger partial charge in [0.15, 0.2) is 0 Å². The van der Waals surface area contributed by atoms with Gasteiger partial charge < -0.3 is 9.64 Å². The van der Waals surface area contributed by atoms with E-state index in [1.54, 1.807) is 17.0 Å². The van der Waals surface area contributed by atoms with Crippen LogP contribution in [0.2, 0.25) is 0 Å². The maximum Gasteiger partial charge on any atom is 0.267 e. The van der Waals surface area contributed by atoms with Gasteiger partial charge in [-0.05, 0) is 19.4 Å². The van der Waals surface area contributed by atoms with E-state index in [1.165, 1.54) is 17.8 Å². The predicted molar refractivity (Wildman–Crippen MR) is 119 cm³/mol. The molecule has 2 aliphatic rings. The maximum absolute atomic E-state index is 14.2. The van der Waals surface area contributed by atoms with E-state index in [0.717, 1.165) is 39.3 Å². The molecule has 2 saturated heterocycles. The number of halogens is 1. The summed E-state index contributed by atoms with van der Waals surface area (Å²) in [5.74, 6) is -0.288. The molecule has 1 amide bonds. The lowest BCUT2D eigenvalue weighted by Gasteiger charge is -2.30. The van der Waals surface area contributed by atoms with Gasteiger partial charge in [-0.15, -0.1) is 0 Å². The highest BCUT2D eigenvalue weighted by Crippen LogP contribution is 2.33. The van der Waals surface area contributed by atoms with Gasteiger partial charge in [-0.1, -0.05) is 49.1 Å². The molecule has 3 rings (SSSR count). The molecular formula is C21H28FN3O2S2. The number of hydrogen-bond acceptors (Lipinski definition) is 6. The zero-order valence-electron chi connectivity index (χ0n) is 17.0. The first-order valence-corrected chi connectivity index (χ1v) is 11.3. The first kappa shape index (κ1) is 22.2. The van der Waals surface area contributed by atoms with Crippen LogP contribution < -0.4 is 0 Å². The van der Waals surface area contributed by atoms with Gasteiger partial charge in [-0.3, -0.25) is 14.6 Å². The molecule has 2 fully saturated rings. The predicted octanol–water partition coefficient (Wildman–Crippen LogP) is 3.46. The van der Waals surface area contributed by atoms with E-state index in [9.17, 15) is 9.18 Å². The molecule has 1 atom stereocenters. The van der Waals surface area contributed by atoms with Gasteiger partial charge in [0.2, 0.25) is 0 Å². The Morgan fingerprint density at radius 2 is 2.07 bits per heavy atom. The molecule has 29 heavy (non-hydrogen) atoms. The fourth-order valence-electron chi connectivity index (χ4n) is 3.33. The van der Waals surface area contributed by atoms with Crippen molar-refractivity contribution in [2.75, 3.05) is 39.4 Å². The van der Waals surface area contributed by atoms with Crippen LogP contribution in [0, 0.1) is 5.82 Å². The third kappa shape index (κ3) is 5.78. The SMILES string of the molecule is CCC(C)N1C(=O)C(=CN(CCN2CCOCC2)Cc2ccccc2F)SC1=S. The lowest BCUT2D eigenvalue weighted by Crippen LogP contribution is -2.40. The van der Waals surface area contributed by atoms with Crippen LogP contribution in [0.5, 0.6) is 0 Å². The van der Waals surface area contributed by atoms with Gasteiger partial charge in [-0.25, -0.2) is 4.39 Å². The van der Waals surface area contributed by atoms with Gasteiger partial charge in [-0.2, -0.15) is 0 Å². The molecule has 1 unspecified atom stereocenters. The lowest BCUT2D eigenvalue weighted by atomic mass is 10.2. The molecule has 0 aliphatic carbocycles. The van der Waals surface area contributed by atoms with Crippen molar-refractivity contribution < 1.29 is 13.9 Å². The molecule has 5 nitrogen and oxygen atoms in total. The molecule has 2 heterocycles. The summed E-state index contributed by atoms with van der Waals surface area (Å²) in [6.45, 7) is 9.24. The van der Waals surface area contributed by atoms with E-state index < -0.39 is 0 Å². The first-order valence-electron chi connectivity index (χ1n) is 10.0. The molecule has 0 saturated carbocycles. The third-order valence-corrected chi connectivity index (χ3v) is 6.61. The van der Waals surface area contributed by atoms with Crippen LogP contribution >= 0.6 is 24.0 Å². The van der Waals surface area contributed by atoms with Crippen LogP contribution in [0.3, 0.4) is 0 Å². The minimum atomic E-state index is -0.232. The topological polar surface area (TPSA) is 36.0 Å². The highest BCUT2D eigenvalue weighted by molar-refractivity contribution is 8.26. The summed E-state index contributed by atoms with van der Waals surface area (Å²) in [4.78, 5) is 19.5. The molecule has 158 valence electrons. The second kappa shape index (κ2) is 10.5. The van der Waals surface area contributed by atoms with E-state index in [4.69, 9.17) is 17.0 Å². The minimum Gasteiger partial charge on any atom is -0.379 e. The number of morpholine rings is 1. The van der Waals surface area contributed by atoms with Crippen molar-refractivity contribution in [2.45, 2.75) is 32.9 Å². The summed E-state index contributed by atoms with van der Waals surface area (Å²) in [5.41, 5.74) is 0.614. The van der Waals surface area contributed by atoms with Gasteiger partial charge in [0.05, 0.1) is 18.1 Å². The average Bonchev–Trinajstić information content (AvgIpc) is 3.01. The normalized spacial score (nSPS) is 20.5. The number of carbonyl (C=O) groups is 1. The van der Waals surface area contributed by atoms with Crippen molar-refractivity contribution >= 4 is 34.2 Å². The number of thioether (sulfide) groups is 1. The van der Waals surface area contributed by atoms with Crippen LogP contribution in [0.25, 0.3) is 0 Å². The Morgan fingerprint density at radius 1 is 1.34 bits per heavy atom. The number of carbonyl (C=O) groups excluding carboxylic acids is 1. The summed E-state index contributed by atoms with van der Waals surface area (Å²) in [6.07, 6.45) is 2.70. The lowest BCUT2D eigenvalue weighted by molar-refractivity contribution is -0.123. The van der Waals surface area contributed by atoms with Crippen molar-refractivity contribution in [3.05, 3.63) is 46.8 Å². The van der Waals surface area contributed by atoms with Gasteiger partial charge in [0.1, 0.15) is 10.1 Å². The fraction of sp³-hybridized carbons (Fsp3) is 0.524. The summed E-state index contributed by atoms with van der Waals surface area (Å²) >= 11 is 6.76. The number of benzene rings is 1. The molecule has 0 spiro atoms. The van der Waals surface area contributed by atoms with Gasteiger partial charge >= 0.3 is 0 Å². The number of nitrogens with zero attached hydrogens (tertiary/aromatic N) is 3. The highest BCUT2D eigenvalue weighted by atomic mass is 32.2. The van der Waals surface area contributed by atoms with Crippen molar-refractivity contribution in [1.82, 2.24) is 14.7 Å². The largest absolute Gasteiger partial charge is 0.379 e. The van der Waals surface area contributed by atoms with Crippen molar-refractivity contribution in [1.29, 1.82) is 0 Å². The Balaban J connectivity index is 1.76. The number of thiocarbonyl (C=S) groups is 1. The number of hydrogen-bond donors (Lipinski definition) is 0. The molecular weight excluding hydrogens is 409 g/mol. The quantitative estimate of drug-likeness (QED) is 0.458. The monoisotopic (exact) mass is 437 g/mol. The Morgan fingerprint density at radius 3 is 2.76 bits per heavy atom. The zero-order chi connectivity index (χ0) is 20.8. The number of rotatable bonds is 8. The van der Waals surface area contributed by atoms with Crippen LogP contribution in [0.15, 0.2) is 35.4 Å². The van der Waals surface area contributed by atoms with Crippen molar-refractivity contribution in [3.8, 4) is 0 Å². The highest BCUT2D eigenvalue weighted by Gasteiger charge is 2.35. The summed E-state index contributed by atoms with van der Waals surface area (Å²) in [7, 11) is 0. The van der Waals surface area contributed by atoms with Crippen LogP contribution in [0.4, 0.5) is 4.39 Å². The average molecular weight is 438 g/mol. The van der Waals surface area contributed by atoms with Crippen LogP contribution in [-0.4, -0.2) is 70.4 Å².